The van der Waals surface area contributed by atoms with Gasteiger partial charge in [-0.25, -0.2) is 0 Å². The van der Waals surface area contributed by atoms with Gasteiger partial charge in [-0.3, -0.25) is 4.90 Å². The number of aryl methyl sites for hydroxylation is 1. The number of hydrogen-bond donors (Lipinski definition) is 1. The molecule has 1 N–H and O–H groups in total. The van der Waals surface area contributed by atoms with E-state index in [0.29, 0.717) is 26.1 Å². The fourth-order valence-corrected chi connectivity index (χ4v) is 2.77. The van der Waals surface area contributed by atoms with Crippen LogP contribution in [0.5, 0.6) is 0 Å². The first-order valence-corrected chi connectivity index (χ1v) is 7.48. The Bertz CT molecular complexity index is 456. The molecule has 21 heavy (non-hydrogen) atoms. The van der Waals surface area contributed by atoms with Crippen LogP contribution < -0.4 is 5.32 Å². The quantitative estimate of drug-likeness (QED) is 0.903. The summed E-state index contributed by atoms with van der Waals surface area (Å²) in [5, 5.41) is 3.19. The highest BCUT2D eigenvalue weighted by atomic mass is 19.4. The Balaban J connectivity index is 1.95. The molecule has 0 aliphatic carbocycles. The van der Waals surface area contributed by atoms with E-state index in [1.165, 1.54) is 0 Å². The van der Waals surface area contributed by atoms with E-state index in [0.717, 1.165) is 23.6 Å². The summed E-state index contributed by atoms with van der Waals surface area (Å²) in [4.78, 5) is 1.84. The number of likely N-dealkylation sites (tertiary alicyclic amines) is 1. The Kier molecular flexibility index (Phi) is 5.32. The minimum absolute atomic E-state index is 0.0752. The van der Waals surface area contributed by atoms with Crippen LogP contribution in [-0.2, 0) is 13.1 Å². The van der Waals surface area contributed by atoms with E-state index in [1.54, 1.807) is 0 Å². The maximum atomic E-state index is 12.8. The molecule has 0 saturated carbocycles. The molecule has 1 aromatic rings. The Morgan fingerprint density at radius 1 is 1.43 bits per heavy atom. The predicted molar refractivity (Wildman–Crippen MR) is 74.9 cm³/mol. The van der Waals surface area contributed by atoms with Crippen molar-refractivity contribution >= 4 is 0 Å². The summed E-state index contributed by atoms with van der Waals surface area (Å²) in [6.07, 6.45) is -3.26. The zero-order valence-corrected chi connectivity index (χ0v) is 12.6. The van der Waals surface area contributed by atoms with Crippen molar-refractivity contribution in [2.24, 2.45) is 5.92 Å². The van der Waals surface area contributed by atoms with Crippen LogP contribution in [-0.4, -0.2) is 30.7 Å². The van der Waals surface area contributed by atoms with Crippen molar-refractivity contribution in [2.45, 2.75) is 46.0 Å². The number of furan rings is 1. The van der Waals surface area contributed by atoms with Crippen LogP contribution in [0.25, 0.3) is 0 Å². The van der Waals surface area contributed by atoms with Crippen molar-refractivity contribution in [3.8, 4) is 0 Å². The van der Waals surface area contributed by atoms with Gasteiger partial charge in [0.05, 0.1) is 19.0 Å². The highest BCUT2D eigenvalue weighted by molar-refractivity contribution is 5.20. The number of nitrogens with one attached hydrogen (secondary N) is 1. The van der Waals surface area contributed by atoms with Crippen LogP contribution in [0.4, 0.5) is 13.2 Å². The molecule has 0 radical (unpaired) electrons. The van der Waals surface area contributed by atoms with Gasteiger partial charge in [-0.15, -0.1) is 0 Å². The van der Waals surface area contributed by atoms with E-state index in [2.05, 4.69) is 5.32 Å². The molecule has 0 amide bonds. The van der Waals surface area contributed by atoms with Gasteiger partial charge in [0.25, 0.3) is 0 Å². The Morgan fingerprint density at radius 3 is 2.86 bits per heavy atom. The summed E-state index contributed by atoms with van der Waals surface area (Å²) in [5.41, 5.74) is 1.05. The van der Waals surface area contributed by atoms with Gasteiger partial charge in [0.1, 0.15) is 11.5 Å². The van der Waals surface area contributed by atoms with Gasteiger partial charge in [0.2, 0.25) is 0 Å². The molecule has 1 aliphatic rings. The lowest BCUT2D eigenvalue weighted by atomic mass is 9.97. The molecular formula is C15H23F3N2O. The Morgan fingerprint density at radius 2 is 2.19 bits per heavy atom. The Hall–Kier alpha value is -1.01. The maximum Gasteiger partial charge on any atom is 0.393 e. The first-order chi connectivity index (χ1) is 9.90. The fraction of sp³-hybridized carbons (Fsp3) is 0.733. The highest BCUT2D eigenvalue weighted by Gasteiger charge is 2.41. The molecular weight excluding hydrogens is 281 g/mol. The summed E-state index contributed by atoms with van der Waals surface area (Å²) in [6, 6.07) is 1.93. The van der Waals surface area contributed by atoms with E-state index in [4.69, 9.17) is 4.42 Å². The van der Waals surface area contributed by atoms with Crippen LogP contribution in [0.3, 0.4) is 0 Å². The second-order valence-electron chi connectivity index (χ2n) is 5.72. The summed E-state index contributed by atoms with van der Waals surface area (Å²) >= 11 is 0. The van der Waals surface area contributed by atoms with Crippen molar-refractivity contribution < 1.29 is 17.6 Å². The van der Waals surface area contributed by atoms with Crippen molar-refractivity contribution in [2.75, 3.05) is 19.6 Å². The average Bonchev–Trinajstić information content (AvgIpc) is 2.76. The number of piperidine rings is 1. The maximum absolute atomic E-state index is 12.8. The van der Waals surface area contributed by atoms with Crippen molar-refractivity contribution in [3.05, 3.63) is 23.2 Å². The number of alkyl halides is 3. The number of nitrogens with zero attached hydrogens (tertiary/aromatic N) is 1. The van der Waals surface area contributed by atoms with Crippen molar-refractivity contribution in [1.29, 1.82) is 0 Å². The first-order valence-electron chi connectivity index (χ1n) is 7.48. The van der Waals surface area contributed by atoms with Crippen LogP contribution in [0.1, 0.15) is 36.8 Å². The molecule has 2 rings (SSSR count). The smallest absolute Gasteiger partial charge is 0.393 e. The van der Waals surface area contributed by atoms with Gasteiger partial charge in [-0.1, -0.05) is 6.92 Å². The predicted octanol–water partition coefficient (Wildman–Crippen LogP) is 3.47. The lowest BCUT2D eigenvalue weighted by Gasteiger charge is -2.33. The van der Waals surface area contributed by atoms with E-state index in [1.807, 2.05) is 24.8 Å². The normalized spacial score (nSPS) is 20.9. The minimum Gasteiger partial charge on any atom is -0.463 e. The summed E-state index contributed by atoms with van der Waals surface area (Å²) in [6.45, 7) is 6.74. The SMILES string of the molecule is CCNCc1oc(CN2CCCC(C(F)(F)F)C2)cc1C. The molecule has 1 fully saturated rings. The standard InChI is InChI=1S/C15H23F3N2O/c1-3-19-8-14-11(2)7-13(21-14)10-20-6-4-5-12(9-20)15(16,17)18/h7,12,19H,3-6,8-10H2,1-2H3. The van der Waals surface area contributed by atoms with Crippen LogP contribution in [0, 0.1) is 12.8 Å². The molecule has 1 aliphatic heterocycles. The van der Waals surface area contributed by atoms with Gasteiger partial charge in [0, 0.05) is 6.54 Å². The molecule has 3 nitrogen and oxygen atoms in total. The molecule has 0 spiro atoms. The molecule has 120 valence electrons. The monoisotopic (exact) mass is 304 g/mol. The van der Waals surface area contributed by atoms with Crippen molar-refractivity contribution in [3.63, 3.8) is 0 Å². The first kappa shape index (κ1) is 16.4. The molecule has 1 atom stereocenters. The molecule has 0 bridgehead atoms. The van der Waals surface area contributed by atoms with Crippen LogP contribution in [0.2, 0.25) is 0 Å². The second kappa shape index (κ2) is 6.83. The van der Waals surface area contributed by atoms with Gasteiger partial charge in [-0.05, 0) is 44.5 Å². The van der Waals surface area contributed by atoms with E-state index in [9.17, 15) is 13.2 Å². The van der Waals surface area contributed by atoms with E-state index < -0.39 is 12.1 Å². The fourth-order valence-electron chi connectivity index (χ4n) is 2.77. The second-order valence-corrected chi connectivity index (χ2v) is 5.72. The lowest BCUT2D eigenvalue weighted by molar-refractivity contribution is -0.187. The van der Waals surface area contributed by atoms with Crippen molar-refractivity contribution in [1.82, 2.24) is 10.2 Å². The molecule has 1 unspecified atom stereocenters. The highest BCUT2D eigenvalue weighted by Crippen LogP contribution is 2.33. The molecule has 1 aromatic heterocycles. The molecule has 1 saturated heterocycles. The average molecular weight is 304 g/mol. The molecule has 6 heteroatoms. The van der Waals surface area contributed by atoms with Gasteiger partial charge >= 0.3 is 6.18 Å². The van der Waals surface area contributed by atoms with Gasteiger partial charge < -0.3 is 9.73 Å². The Labute approximate surface area is 123 Å². The van der Waals surface area contributed by atoms with Crippen LogP contribution >= 0.6 is 0 Å². The summed E-state index contributed by atoms with van der Waals surface area (Å²) in [7, 11) is 0. The van der Waals surface area contributed by atoms with E-state index in [-0.39, 0.29) is 13.0 Å². The zero-order chi connectivity index (χ0) is 15.5. The number of hydrogen-bond acceptors (Lipinski definition) is 3. The van der Waals surface area contributed by atoms with Gasteiger partial charge in [0.15, 0.2) is 0 Å². The van der Waals surface area contributed by atoms with E-state index >= 15 is 0 Å². The third kappa shape index (κ3) is 4.48. The third-order valence-corrected chi connectivity index (χ3v) is 3.96. The summed E-state index contributed by atoms with van der Waals surface area (Å²) in [5.74, 6) is 0.419. The molecule has 0 aromatic carbocycles. The zero-order valence-electron chi connectivity index (χ0n) is 12.6. The minimum atomic E-state index is -4.09. The largest absolute Gasteiger partial charge is 0.463 e. The molecule has 2 heterocycles. The summed E-state index contributed by atoms with van der Waals surface area (Å²) < 4.78 is 44.2. The van der Waals surface area contributed by atoms with Crippen LogP contribution in [0.15, 0.2) is 10.5 Å². The van der Waals surface area contributed by atoms with Gasteiger partial charge in [-0.2, -0.15) is 13.2 Å². The third-order valence-electron chi connectivity index (χ3n) is 3.96. The lowest BCUT2D eigenvalue weighted by Crippen LogP contribution is -2.41. The number of rotatable bonds is 5. The topological polar surface area (TPSA) is 28.4 Å². The number of halogens is 3.